The Balaban J connectivity index is 0.000000210. The lowest BCUT2D eigenvalue weighted by molar-refractivity contribution is 0.474. The van der Waals surface area contributed by atoms with Gasteiger partial charge in [-0.05, 0) is 111 Å². The van der Waals surface area contributed by atoms with Crippen LogP contribution in [-0.2, 0) is 19.3 Å². The van der Waals surface area contributed by atoms with Crippen molar-refractivity contribution in [2.75, 3.05) is 0 Å². The molecule has 0 spiro atoms. The second kappa shape index (κ2) is 24.6. The van der Waals surface area contributed by atoms with Crippen molar-refractivity contribution < 1.29 is 10.2 Å². The van der Waals surface area contributed by atoms with Crippen molar-refractivity contribution >= 4 is 23.3 Å². The number of hydrogen-bond donors (Lipinski definition) is 3. The summed E-state index contributed by atoms with van der Waals surface area (Å²) >= 11 is 0. The predicted molar refractivity (Wildman–Crippen MR) is 212 cm³/mol. The number of aryl methyl sites for hydroxylation is 5. The quantitative estimate of drug-likeness (QED) is 0.173. The van der Waals surface area contributed by atoms with Gasteiger partial charge in [0.1, 0.15) is 17.7 Å². The maximum atomic E-state index is 8.94. The van der Waals surface area contributed by atoms with Gasteiger partial charge in [-0.15, -0.1) is 0 Å². The predicted octanol–water partition coefficient (Wildman–Crippen LogP) is 10.3. The molecule has 7 rings (SSSR count). The number of phenols is 2. The molecule has 1 aliphatic rings. The molecule has 0 saturated carbocycles. The van der Waals surface area contributed by atoms with Gasteiger partial charge in [0.25, 0.3) is 0 Å². The highest BCUT2D eigenvalue weighted by Gasteiger charge is 1.99. The lowest BCUT2D eigenvalue weighted by Crippen LogP contribution is -1.90. The number of fused-ring (bicyclic) bond motifs is 1. The Morgan fingerprint density at radius 3 is 1.74 bits per heavy atom. The number of pyridine rings is 2. The van der Waals surface area contributed by atoms with Crippen LogP contribution in [0, 0.1) is 13.8 Å². The number of aliphatic imine (C=N–C) groups is 2. The van der Waals surface area contributed by atoms with Crippen molar-refractivity contribution in [1.29, 1.82) is 0 Å². The summed E-state index contributed by atoms with van der Waals surface area (Å²) in [5, 5.41) is 19.1. The summed E-state index contributed by atoms with van der Waals surface area (Å²) in [6, 6.07) is 32.7. The zero-order valence-corrected chi connectivity index (χ0v) is 30.4. The molecular formula is C43H53N5O2. The van der Waals surface area contributed by atoms with E-state index >= 15 is 0 Å². The second-order valence-electron chi connectivity index (χ2n) is 11.3. The molecule has 0 unspecified atom stereocenters. The van der Waals surface area contributed by atoms with Gasteiger partial charge in [0, 0.05) is 53.8 Å². The van der Waals surface area contributed by atoms with Crippen LogP contribution in [-0.4, -0.2) is 43.8 Å². The Morgan fingerprint density at radius 2 is 1.28 bits per heavy atom. The summed E-state index contributed by atoms with van der Waals surface area (Å²) in [6.07, 6.45) is 15.3. The molecular weight excluding hydrogens is 619 g/mol. The van der Waals surface area contributed by atoms with Gasteiger partial charge in [0.15, 0.2) is 0 Å². The third-order valence-corrected chi connectivity index (χ3v) is 7.29. The summed E-state index contributed by atoms with van der Waals surface area (Å²) in [4.78, 5) is 19.2. The van der Waals surface area contributed by atoms with Crippen LogP contribution in [0.25, 0.3) is 10.9 Å². The van der Waals surface area contributed by atoms with E-state index in [1.807, 2.05) is 74.6 Å². The molecule has 0 amide bonds. The molecule has 3 aromatic carbocycles. The zero-order valence-electron chi connectivity index (χ0n) is 30.4. The Labute approximate surface area is 298 Å². The number of aromatic nitrogens is 3. The van der Waals surface area contributed by atoms with E-state index in [2.05, 4.69) is 83.1 Å². The molecule has 0 saturated heterocycles. The third kappa shape index (κ3) is 17.0. The number of H-pyrrole nitrogens is 1. The van der Waals surface area contributed by atoms with E-state index in [4.69, 9.17) is 10.2 Å². The number of nitrogens with zero attached hydrogens (tertiary/aromatic N) is 4. The minimum Gasteiger partial charge on any atom is -0.508 e. The number of phenolic OH excluding ortho intramolecular Hbond substituents is 2. The van der Waals surface area contributed by atoms with Crippen LogP contribution in [0.3, 0.4) is 0 Å². The van der Waals surface area contributed by atoms with Gasteiger partial charge in [-0.3, -0.25) is 20.0 Å². The molecule has 7 heteroatoms. The zero-order chi connectivity index (χ0) is 36.4. The van der Waals surface area contributed by atoms with Gasteiger partial charge in [-0.2, -0.15) is 0 Å². The minimum atomic E-state index is 0.236. The van der Waals surface area contributed by atoms with Crippen LogP contribution < -0.4 is 0 Å². The van der Waals surface area contributed by atoms with Crippen LogP contribution in [0.4, 0.5) is 0 Å². The van der Waals surface area contributed by atoms with Crippen molar-refractivity contribution in [3.63, 3.8) is 0 Å². The molecule has 7 nitrogen and oxygen atoms in total. The third-order valence-electron chi connectivity index (χ3n) is 7.29. The Bertz CT molecular complexity index is 1750. The summed E-state index contributed by atoms with van der Waals surface area (Å²) in [7, 11) is 0. The fourth-order valence-electron chi connectivity index (χ4n) is 4.30. The first-order valence-electron chi connectivity index (χ1n) is 17.2. The van der Waals surface area contributed by atoms with Crippen LogP contribution in [0.1, 0.15) is 62.1 Å². The molecule has 0 radical (unpaired) electrons. The lowest BCUT2D eigenvalue weighted by atomic mass is 10.1. The highest BCUT2D eigenvalue weighted by Crippen LogP contribution is 2.17. The number of hydrogen-bond acceptors (Lipinski definition) is 6. The number of aromatic amines is 1. The van der Waals surface area contributed by atoms with Gasteiger partial charge in [-0.25, -0.2) is 0 Å². The smallest absolute Gasteiger partial charge is 0.139 e. The topological polar surface area (TPSA) is 107 Å². The minimum absolute atomic E-state index is 0.236. The molecule has 0 fully saturated rings. The molecule has 3 N–H and O–H groups in total. The van der Waals surface area contributed by atoms with Gasteiger partial charge >= 0.3 is 0 Å². The number of aromatic hydroxyl groups is 2. The van der Waals surface area contributed by atoms with E-state index in [1.165, 1.54) is 33.2 Å². The molecule has 262 valence electrons. The van der Waals surface area contributed by atoms with E-state index in [0.717, 1.165) is 31.4 Å². The number of benzene rings is 3. The molecule has 0 bridgehead atoms. The van der Waals surface area contributed by atoms with Crippen molar-refractivity contribution in [1.82, 2.24) is 15.0 Å². The van der Waals surface area contributed by atoms with Gasteiger partial charge in [0.05, 0.1) is 0 Å². The summed E-state index contributed by atoms with van der Waals surface area (Å²) in [6.45, 7) is 12.4. The van der Waals surface area contributed by atoms with Crippen LogP contribution in [0.2, 0.25) is 0 Å². The molecule has 1 aliphatic heterocycles. The second-order valence-corrected chi connectivity index (χ2v) is 11.3. The maximum absolute atomic E-state index is 8.94. The maximum Gasteiger partial charge on any atom is 0.139 e. The lowest BCUT2D eigenvalue weighted by Gasteiger charge is -1.94. The molecule has 50 heavy (non-hydrogen) atoms. The average molecular weight is 672 g/mol. The number of para-hydroxylation sites is 1. The van der Waals surface area contributed by atoms with Gasteiger partial charge in [-0.1, -0.05) is 81.8 Å². The van der Waals surface area contributed by atoms with Crippen molar-refractivity contribution in [3.05, 3.63) is 156 Å². The SMILES string of the molecule is CCC1N=CC=N1.CCc1c[nH]c2ccccc12.CCc1cccc(O)c1.CCc1ccccn1.Cc1ccc(O)cc1.Cc1ccncc1. The normalized spacial score (nSPS) is 10.8. The number of rotatable bonds is 4. The highest BCUT2D eigenvalue weighted by molar-refractivity contribution is 6.17. The monoisotopic (exact) mass is 671 g/mol. The Morgan fingerprint density at radius 1 is 0.620 bits per heavy atom. The van der Waals surface area contributed by atoms with Crippen LogP contribution >= 0.6 is 0 Å². The first-order chi connectivity index (χ1) is 24.3. The molecule has 6 aromatic rings. The summed E-state index contributed by atoms with van der Waals surface area (Å²) in [5.74, 6) is 0.685. The summed E-state index contributed by atoms with van der Waals surface area (Å²) < 4.78 is 0. The van der Waals surface area contributed by atoms with Gasteiger partial charge < -0.3 is 15.2 Å². The fraction of sp³-hybridized carbons (Fsp3) is 0.256. The molecule has 0 aliphatic carbocycles. The Kier molecular flexibility index (Phi) is 20.0. The Hall–Kier alpha value is -5.56. The largest absolute Gasteiger partial charge is 0.508 e. The highest BCUT2D eigenvalue weighted by atomic mass is 16.3. The van der Waals surface area contributed by atoms with Crippen molar-refractivity contribution in [3.8, 4) is 11.5 Å². The molecule has 0 atom stereocenters. The van der Waals surface area contributed by atoms with E-state index < -0.39 is 0 Å². The van der Waals surface area contributed by atoms with Gasteiger partial charge in [0.2, 0.25) is 0 Å². The molecule has 4 heterocycles. The fourth-order valence-corrected chi connectivity index (χ4v) is 4.30. The van der Waals surface area contributed by atoms with Crippen LogP contribution in [0.5, 0.6) is 11.5 Å². The van der Waals surface area contributed by atoms with Crippen LogP contribution in [0.15, 0.2) is 138 Å². The van der Waals surface area contributed by atoms with E-state index in [9.17, 15) is 0 Å². The molecule has 3 aromatic heterocycles. The average Bonchev–Trinajstić information content (AvgIpc) is 3.85. The van der Waals surface area contributed by atoms with E-state index in [-0.39, 0.29) is 6.17 Å². The van der Waals surface area contributed by atoms with Crippen molar-refractivity contribution in [2.45, 2.75) is 73.4 Å². The number of nitrogens with one attached hydrogen (secondary N) is 1. The van der Waals surface area contributed by atoms with E-state index in [1.54, 1.807) is 49.1 Å². The van der Waals surface area contributed by atoms with Crippen molar-refractivity contribution in [2.24, 2.45) is 9.98 Å². The first-order valence-corrected chi connectivity index (χ1v) is 17.2. The standard InChI is InChI=1S/C10H11N.C8H10O.C7H9N.C7H8O.C6H7N.C5H8N2/c1-2-8-7-11-10-6-4-3-5-9(8)10;1-2-7-4-3-5-8(9)6-7;1-2-7-5-3-4-6-8-7;1-6-2-4-7(8)5-3-6;1-6-2-4-7-5-3-6;1-2-5-6-3-4-7-5/h3-7,11H,2H2,1H3;3-6,9H,2H2,1H3;3-6H,2H2,1H3;2-5,8H,1H3;2-5H,1H3;3-5H,2H2,1H3. The summed E-state index contributed by atoms with van der Waals surface area (Å²) in [5.41, 5.74) is 7.41. The first kappa shape index (κ1) is 40.6. The van der Waals surface area contributed by atoms with E-state index in [0.29, 0.717) is 11.5 Å².